The highest BCUT2D eigenvalue weighted by Crippen LogP contribution is 2.22. The molecule has 0 aliphatic rings. The number of H-pyrrole nitrogens is 1. The maximum Gasteiger partial charge on any atom is 0.271 e. The molecule has 22 heavy (non-hydrogen) atoms. The van der Waals surface area contributed by atoms with E-state index in [0.29, 0.717) is 10.7 Å². The van der Waals surface area contributed by atoms with Crippen LogP contribution in [0.25, 0.3) is 5.69 Å². The number of benzene rings is 2. The van der Waals surface area contributed by atoms with Crippen molar-refractivity contribution in [2.45, 2.75) is 6.92 Å². The average molecular weight is 318 g/mol. The Balaban J connectivity index is 0.000000172. The van der Waals surface area contributed by atoms with E-state index in [-0.39, 0.29) is 11.3 Å². The number of nitrogens with zero attached hydrogens (tertiary/aromatic N) is 1. The topological polar surface area (TPSA) is 84.0 Å². The number of phenolic OH excluding ortho intramolecular Hbond substituents is 1. The second kappa shape index (κ2) is 6.87. The molecule has 0 atom stereocenters. The third kappa shape index (κ3) is 3.93. The van der Waals surface area contributed by atoms with Crippen molar-refractivity contribution in [2.24, 2.45) is 0 Å². The van der Waals surface area contributed by atoms with Crippen molar-refractivity contribution in [3.8, 4) is 11.4 Å². The molecule has 6 heteroatoms. The molecule has 0 fully saturated rings. The molecule has 0 aliphatic carbocycles. The Morgan fingerprint density at radius 1 is 1.14 bits per heavy atom. The van der Waals surface area contributed by atoms with Crippen molar-refractivity contribution in [2.75, 3.05) is 5.73 Å². The highest BCUT2D eigenvalue weighted by molar-refractivity contribution is 6.30. The summed E-state index contributed by atoms with van der Waals surface area (Å²) in [5, 5.41) is 12.4. The molecule has 114 valence electrons. The fourth-order valence-corrected chi connectivity index (χ4v) is 1.99. The first kappa shape index (κ1) is 15.7. The van der Waals surface area contributed by atoms with Gasteiger partial charge >= 0.3 is 0 Å². The first-order chi connectivity index (χ1) is 10.5. The molecule has 0 unspecified atom stereocenters. The molecule has 4 N–H and O–H groups in total. The van der Waals surface area contributed by atoms with E-state index in [1.54, 1.807) is 12.1 Å². The molecule has 3 aromatic rings. The van der Waals surface area contributed by atoms with E-state index in [2.05, 4.69) is 5.10 Å². The molecule has 1 aromatic heterocycles. The molecule has 3 rings (SSSR count). The average Bonchev–Trinajstić information content (AvgIpc) is 2.84. The molecule has 0 radical (unpaired) electrons. The van der Waals surface area contributed by atoms with Crippen LogP contribution in [0.4, 0.5) is 5.69 Å². The molecular weight excluding hydrogens is 302 g/mol. The van der Waals surface area contributed by atoms with Gasteiger partial charge in [-0.05, 0) is 37.3 Å². The number of rotatable bonds is 1. The van der Waals surface area contributed by atoms with Crippen molar-refractivity contribution in [3.63, 3.8) is 0 Å². The van der Waals surface area contributed by atoms with Crippen LogP contribution >= 0.6 is 11.6 Å². The van der Waals surface area contributed by atoms with Gasteiger partial charge in [-0.25, -0.2) is 4.68 Å². The first-order valence-electron chi connectivity index (χ1n) is 6.55. The Bertz CT molecular complexity index is 810. The molecule has 0 spiro atoms. The third-order valence-corrected chi connectivity index (χ3v) is 3.09. The molecule has 1 heterocycles. The third-order valence-electron chi connectivity index (χ3n) is 2.85. The Labute approximate surface area is 132 Å². The summed E-state index contributed by atoms with van der Waals surface area (Å²) < 4.78 is 1.52. The van der Waals surface area contributed by atoms with Crippen LogP contribution in [-0.2, 0) is 0 Å². The van der Waals surface area contributed by atoms with E-state index in [1.807, 2.05) is 37.3 Å². The molecule has 0 saturated carbocycles. The van der Waals surface area contributed by atoms with Gasteiger partial charge in [-0.3, -0.25) is 9.89 Å². The highest BCUT2D eigenvalue weighted by atomic mass is 35.5. The van der Waals surface area contributed by atoms with E-state index < -0.39 is 0 Å². The van der Waals surface area contributed by atoms with Crippen molar-refractivity contribution in [1.82, 2.24) is 9.78 Å². The van der Waals surface area contributed by atoms with Gasteiger partial charge in [0.15, 0.2) is 0 Å². The van der Waals surface area contributed by atoms with Crippen LogP contribution in [-0.4, -0.2) is 14.9 Å². The number of nitrogen functional groups attached to an aromatic ring is 1. The lowest BCUT2D eigenvalue weighted by Crippen LogP contribution is -2.12. The predicted molar refractivity (Wildman–Crippen MR) is 88.7 cm³/mol. The van der Waals surface area contributed by atoms with E-state index in [1.165, 1.54) is 16.8 Å². The standard InChI is InChI=1S/C10H10N2O.C6H6ClNO/c1-8-7-10(13)12(11-8)9-5-3-2-4-6-9;7-4-1-2-6(9)5(8)3-4/h2-7,11H,1H3;1-3,9H,8H2. The van der Waals surface area contributed by atoms with Crippen LogP contribution in [0.5, 0.6) is 5.75 Å². The van der Waals surface area contributed by atoms with Gasteiger partial charge in [0.2, 0.25) is 0 Å². The lowest BCUT2D eigenvalue weighted by atomic mass is 10.3. The predicted octanol–water partition coefficient (Wildman–Crippen LogP) is 3.10. The number of phenols is 1. The summed E-state index contributed by atoms with van der Waals surface area (Å²) in [6, 6.07) is 15.6. The minimum atomic E-state index is -0.0244. The summed E-state index contributed by atoms with van der Waals surface area (Å²) in [5.41, 5.74) is 7.30. The van der Waals surface area contributed by atoms with Crippen LogP contribution in [0, 0.1) is 6.92 Å². The van der Waals surface area contributed by atoms with Crippen LogP contribution in [0.1, 0.15) is 5.69 Å². The first-order valence-corrected chi connectivity index (χ1v) is 6.93. The summed E-state index contributed by atoms with van der Waals surface area (Å²) in [4.78, 5) is 11.4. The minimum Gasteiger partial charge on any atom is -0.506 e. The maximum absolute atomic E-state index is 11.4. The normalized spacial score (nSPS) is 9.91. The number of aromatic amines is 1. The Hall–Kier alpha value is -2.66. The monoisotopic (exact) mass is 317 g/mol. The number of halogens is 1. The number of hydrogen-bond acceptors (Lipinski definition) is 3. The van der Waals surface area contributed by atoms with E-state index >= 15 is 0 Å². The number of hydrogen-bond donors (Lipinski definition) is 3. The highest BCUT2D eigenvalue weighted by Gasteiger charge is 2.00. The number of aryl methyl sites for hydroxylation is 1. The molecular formula is C16H16ClN3O2. The second-order valence-corrected chi connectivity index (χ2v) is 5.09. The largest absolute Gasteiger partial charge is 0.506 e. The Morgan fingerprint density at radius 3 is 2.32 bits per heavy atom. The molecule has 0 amide bonds. The van der Waals surface area contributed by atoms with Crippen molar-refractivity contribution < 1.29 is 5.11 Å². The molecule has 2 aromatic carbocycles. The van der Waals surface area contributed by atoms with Gasteiger partial charge in [0.05, 0.1) is 11.4 Å². The fourth-order valence-electron chi connectivity index (χ4n) is 1.81. The van der Waals surface area contributed by atoms with E-state index in [9.17, 15) is 4.79 Å². The fraction of sp³-hybridized carbons (Fsp3) is 0.0625. The second-order valence-electron chi connectivity index (χ2n) is 4.65. The van der Waals surface area contributed by atoms with Crippen LogP contribution < -0.4 is 11.3 Å². The SMILES string of the molecule is Cc1cc(=O)n(-c2ccccc2)[nH]1.Nc1cc(Cl)ccc1O. The van der Waals surface area contributed by atoms with Gasteiger partial charge in [0.1, 0.15) is 5.75 Å². The smallest absolute Gasteiger partial charge is 0.271 e. The zero-order valence-electron chi connectivity index (χ0n) is 12.0. The van der Waals surface area contributed by atoms with Gasteiger partial charge in [-0.2, -0.15) is 0 Å². The Morgan fingerprint density at radius 2 is 1.82 bits per heavy atom. The lowest BCUT2D eigenvalue weighted by Gasteiger charge is -1.99. The van der Waals surface area contributed by atoms with E-state index in [4.69, 9.17) is 22.4 Å². The zero-order chi connectivity index (χ0) is 16.1. The zero-order valence-corrected chi connectivity index (χ0v) is 12.7. The van der Waals surface area contributed by atoms with Gasteiger partial charge in [-0.1, -0.05) is 29.8 Å². The molecule has 5 nitrogen and oxygen atoms in total. The van der Waals surface area contributed by atoms with Crippen molar-refractivity contribution >= 4 is 17.3 Å². The summed E-state index contributed by atoms with van der Waals surface area (Å²) >= 11 is 5.53. The number of aromatic nitrogens is 2. The Kier molecular flexibility index (Phi) is 4.91. The van der Waals surface area contributed by atoms with Crippen LogP contribution in [0.15, 0.2) is 59.4 Å². The lowest BCUT2D eigenvalue weighted by molar-refractivity contribution is 0.478. The molecule has 0 bridgehead atoms. The number of nitrogens with two attached hydrogens (primary N) is 1. The van der Waals surface area contributed by atoms with E-state index in [0.717, 1.165) is 11.4 Å². The summed E-state index contributed by atoms with van der Waals surface area (Å²) in [6.45, 7) is 1.86. The molecule has 0 aliphatic heterocycles. The number of aromatic hydroxyl groups is 1. The summed E-state index contributed by atoms with van der Waals surface area (Å²) in [7, 11) is 0. The van der Waals surface area contributed by atoms with Crippen LogP contribution in [0.2, 0.25) is 5.02 Å². The van der Waals surface area contributed by atoms with Gasteiger partial charge < -0.3 is 10.8 Å². The van der Waals surface area contributed by atoms with Crippen molar-refractivity contribution in [1.29, 1.82) is 0 Å². The number of para-hydroxylation sites is 1. The minimum absolute atomic E-state index is 0.0244. The number of anilines is 1. The van der Waals surface area contributed by atoms with Gasteiger partial charge in [0, 0.05) is 16.8 Å². The van der Waals surface area contributed by atoms with Gasteiger partial charge in [0.25, 0.3) is 5.56 Å². The summed E-state index contributed by atoms with van der Waals surface area (Å²) in [5.74, 6) is 0.0689. The molecule has 0 saturated heterocycles. The number of nitrogens with one attached hydrogen (secondary N) is 1. The summed E-state index contributed by atoms with van der Waals surface area (Å²) in [6.07, 6.45) is 0. The quantitative estimate of drug-likeness (QED) is 0.476. The van der Waals surface area contributed by atoms with Gasteiger partial charge in [-0.15, -0.1) is 0 Å². The van der Waals surface area contributed by atoms with Crippen LogP contribution in [0.3, 0.4) is 0 Å². The van der Waals surface area contributed by atoms with Crippen molar-refractivity contribution in [3.05, 3.63) is 75.7 Å². The maximum atomic E-state index is 11.4.